The van der Waals surface area contributed by atoms with Gasteiger partial charge in [0.2, 0.25) is 17.2 Å². The molecule has 0 amide bonds. The van der Waals surface area contributed by atoms with Crippen LogP contribution in [0.1, 0.15) is 11.4 Å². The third-order valence-corrected chi connectivity index (χ3v) is 2.76. The molecule has 0 atom stereocenters. The highest BCUT2D eigenvalue weighted by molar-refractivity contribution is 6.28. The molecule has 1 N–H and O–H groups in total. The van der Waals surface area contributed by atoms with E-state index in [-0.39, 0.29) is 5.28 Å². The van der Waals surface area contributed by atoms with Crippen molar-refractivity contribution in [2.45, 2.75) is 13.5 Å². The van der Waals surface area contributed by atoms with Gasteiger partial charge in [0.25, 0.3) is 0 Å². The standard InChI is InChI=1S/C12H11ClN8/c1-8-4-16-9(5-15-8)6-17-11-18-10(13)19-12(20-11)21-3-2-14-7-21/h2-5,7H,6H2,1H3,(H,17,18,19,20). The second-order valence-corrected chi connectivity index (χ2v) is 4.54. The van der Waals surface area contributed by atoms with Gasteiger partial charge < -0.3 is 5.32 Å². The van der Waals surface area contributed by atoms with Crippen molar-refractivity contribution in [3.8, 4) is 5.95 Å². The summed E-state index contributed by atoms with van der Waals surface area (Å²) < 4.78 is 1.64. The molecule has 0 aliphatic heterocycles. The van der Waals surface area contributed by atoms with Gasteiger partial charge in [0.1, 0.15) is 6.33 Å². The first-order chi connectivity index (χ1) is 10.2. The number of nitrogens with zero attached hydrogens (tertiary/aromatic N) is 7. The van der Waals surface area contributed by atoms with Gasteiger partial charge in [0.15, 0.2) is 0 Å². The molecule has 8 nitrogen and oxygen atoms in total. The monoisotopic (exact) mass is 302 g/mol. The smallest absolute Gasteiger partial charge is 0.241 e. The summed E-state index contributed by atoms with van der Waals surface area (Å²) in [6.07, 6.45) is 8.34. The van der Waals surface area contributed by atoms with E-state index < -0.39 is 0 Å². The van der Waals surface area contributed by atoms with Crippen LogP contribution in [0.25, 0.3) is 5.95 Å². The zero-order chi connectivity index (χ0) is 14.7. The Balaban J connectivity index is 1.78. The van der Waals surface area contributed by atoms with Crippen LogP contribution in [0.2, 0.25) is 5.28 Å². The van der Waals surface area contributed by atoms with E-state index in [0.717, 1.165) is 11.4 Å². The van der Waals surface area contributed by atoms with Crippen LogP contribution >= 0.6 is 11.6 Å². The van der Waals surface area contributed by atoms with Crippen molar-refractivity contribution in [2.75, 3.05) is 5.32 Å². The average Bonchev–Trinajstić information content (AvgIpc) is 3.00. The molecule has 0 fully saturated rings. The van der Waals surface area contributed by atoms with Crippen molar-refractivity contribution in [2.24, 2.45) is 0 Å². The van der Waals surface area contributed by atoms with Crippen LogP contribution < -0.4 is 5.32 Å². The van der Waals surface area contributed by atoms with Crippen LogP contribution in [-0.2, 0) is 6.54 Å². The van der Waals surface area contributed by atoms with Crippen LogP contribution in [0.5, 0.6) is 0 Å². The van der Waals surface area contributed by atoms with Gasteiger partial charge in [-0.15, -0.1) is 0 Å². The minimum atomic E-state index is 0.103. The Morgan fingerprint density at radius 3 is 2.81 bits per heavy atom. The summed E-state index contributed by atoms with van der Waals surface area (Å²) >= 11 is 5.91. The van der Waals surface area contributed by atoms with E-state index in [2.05, 4.69) is 35.2 Å². The van der Waals surface area contributed by atoms with Gasteiger partial charge in [0.05, 0.1) is 24.1 Å². The Hall–Kier alpha value is -2.61. The summed E-state index contributed by atoms with van der Waals surface area (Å²) in [6, 6.07) is 0. The zero-order valence-corrected chi connectivity index (χ0v) is 11.9. The van der Waals surface area contributed by atoms with Crippen molar-refractivity contribution in [1.82, 2.24) is 34.5 Å². The fourth-order valence-corrected chi connectivity index (χ4v) is 1.75. The second-order valence-electron chi connectivity index (χ2n) is 4.20. The first-order valence-electron chi connectivity index (χ1n) is 6.12. The van der Waals surface area contributed by atoms with Crippen molar-refractivity contribution in [3.63, 3.8) is 0 Å². The maximum atomic E-state index is 5.91. The molecule has 0 aromatic carbocycles. The molecule has 3 rings (SSSR count). The fraction of sp³-hybridized carbons (Fsp3) is 0.167. The molecule has 0 radical (unpaired) electrons. The molecule has 3 aromatic rings. The van der Waals surface area contributed by atoms with Gasteiger partial charge in [-0.2, -0.15) is 15.0 Å². The molecule has 0 saturated heterocycles. The molecule has 21 heavy (non-hydrogen) atoms. The zero-order valence-electron chi connectivity index (χ0n) is 11.1. The lowest BCUT2D eigenvalue weighted by Crippen LogP contribution is -2.09. The highest BCUT2D eigenvalue weighted by Gasteiger charge is 2.06. The molecule has 0 bridgehead atoms. The lowest BCUT2D eigenvalue weighted by atomic mass is 10.4. The molecule has 0 unspecified atom stereocenters. The van der Waals surface area contributed by atoms with Gasteiger partial charge >= 0.3 is 0 Å². The summed E-state index contributed by atoms with van der Waals surface area (Å²) in [6.45, 7) is 2.32. The van der Waals surface area contributed by atoms with Crippen LogP contribution in [0.15, 0.2) is 31.1 Å². The lowest BCUT2D eigenvalue weighted by molar-refractivity contribution is 0.882. The summed E-state index contributed by atoms with van der Waals surface area (Å²) in [5, 5.41) is 3.14. The third-order valence-electron chi connectivity index (χ3n) is 2.59. The van der Waals surface area contributed by atoms with Crippen molar-refractivity contribution >= 4 is 17.5 Å². The SMILES string of the molecule is Cc1cnc(CNc2nc(Cl)nc(-n3ccnc3)n2)cn1. The Morgan fingerprint density at radius 1 is 1.19 bits per heavy atom. The number of anilines is 1. The highest BCUT2D eigenvalue weighted by Crippen LogP contribution is 2.10. The summed E-state index contributed by atoms with van der Waals surface area (Å²) in [7, 11) is 0. The minimum Gasteiger partial charge on any atom is -0.348 e. The Labute approximate surface area is 125 Å². The maximum Gasteiger partial charge on any atom is 0.241 e. The molecule has 3 heterocycles. The van der Waals surface area contributed by atoms with E-state index in [1.165, 1.54) is 0 Å². The average molecular weight is 303 g/mol. The van der Waals surface area contributed by atoms with Gasteiger partial charge in [-0.05, 0) is 18.5 Å². The first-order valence-corrected chi connectivity index (χ1v) is 6.50. The molecular formula is C12H11ClN8. The molecule has 9 heteroatoms. The lowest BCUT2D eigenvalue weighted by Gasteiger charge is -2.06. The van der Waals surface area contributed by atoms with E-state index >= 15 is 0 Å². The molecule has 3 aromatic heterocycles. The van der Waals surface area contributed by atoms with Crippen LogP contribution in [0.4, 0.5) is 5.95 Å². The van der Waals surface area contributed by atoms with E-state index in [1.54, 1.807) is 35.7 Å². The van der Waals surface area contributed by atoms with Crippen LogP contribution in [-0.4, -0.2) is 34.5 Å². The van der Waals surface area contributed by atoms with Gasteiger partial charge in [0, 0.05) is 18.6 Å². The molecule has 0 spiro atoms. The number of halogens is 1. The maximum absolute atomic E-state index is 5.91. The number of aryl methyl sites for hydroxylation is 1. The molecule has 106 valence electrons. The molecular weight excluding hydrogens is 292 g/mol. The summed E-state index contributed by atoms with van der Waals surface area (Å²) in [4.78, 5) is 24.7. The fourth-order valence-electron chi connectivity index (χ4n) is 1.59. The topological polar surface area (TPSA) is 94.3 Å². The Morgan fingerprint density at radius 2 is 2.10 bits per heavy atom. The van der Waals surface area contributed by atoms with Gasteiger partial charge in [-0.1, -0.05) is 0 Å². The molecule has 0 aliphatic carbocycles. The molecule has 0 saturated carbocycles. The minimum absolute atomic E-state index is 0.103. The van der Waals surface area contributed by atoms with Crippen molar-refractivity contribution < 1.29 is 0 Å². The van der Waals surface area contributed by atoms with E-state index in [9.17, 15) is 0 Å². The van der Waals surface area contributed by atoms with Gasteiger partial charge in [-0.3, -0.25) is 14.5 Å². The van der Waals surface area contributed by atoms with Crippen molar-refractivity contribution in [1.29, 1.82) is 0 Å². The quantitative estimate of drug-likeness (QED) is 0.778. The Kier molecular flexibility index (Phi) is 3.69. The van der Waals surface area contributed by atoms with Crippen molar-refractivity contribution in [3.05, 3.63) is 47.8 Å². The van der Waals surface area contributed by atoms with Gasteiger partial charge in [-0.25, -0.2) is 4.98 Å². The number of imidazole rings is 1. The van der Waals surface area contributed by atoms with E-state index in [1.807, 2.05) is 6.92 Å². The van der Waals surface area contributed by atoms with Crippen LogP contribution in [0.3, 0.4) is 0 Å². The highest BCUT2D eigenvalue weighted by atomic mass is 35.5. The normalized spacial score (nSPS) is 10.6. The predicted octanol–water partition coefficient (Wildman–Crippen LogP) is 1.42. The van der Waals surface area contributed by atoms with E-state index in [4.69, 9.17) is 11.6 Å². The number of rotatable bonds is 4. The Bertz CT molecular complexity index is 726. The number of aromatic nitrogens is 7. The van der Waals surface area contributed by atoms with Crippen LogP contribution in [0, 0.1) is 6.92 Å². The number of nitrogens with one attached hydrogen (secondary N) is 1. The predicted molar refractivity (Wildman–Crippen MR) is 76.1 cm³/mol. The number of hydrogen-bond acceptors (Lipinski definition) is 7. The third kappa shape index (κ3) is 3.29. The summed E-state index contributed by atoms with van der Waals surface area (Å²) in [5.74, 6) is 0.756. The summed E-state index contributed by atoms with van der Waals surface area (Å²) in [5.41, 5.74) is 1.64. The van der Waals surface area contributed by atoms with E-state index in [0.29, 0.717) is 18.4 Å². The largest absolute Gasteiger partial charge is 0.348 e. The number of hydrogen-bond donors (Lipinski definition) is 1. The molecule has 0 aliphatic rings. The first kappa shape index (κ1) is 13.4. The second kappa shape index (κ2) is 5.80.